The minimum Gasteiger partial charge on any atom is -0.370 e. The monoisotopic (exact) mass is 275 g/mol. The number of hydrogen-bond donors (Lipinski definition) is 0. The van der Waals surface area contributed by atoms with Crippen molar-refractivity contribution in [2.75, 3.05) is 18.0 Å². The van der Waals surface area contributed by atoms with Crippen molar-refractivity contribution >= 4 is 11.5 Å². The number of nitrogens with zero attached hydrogens (tertiary/aromatic N) is 3. The number of ketones is 1. The fourth-order valence-corrected chi connectivity index (χ4v) is 3.21. The van der Waals surface area contributed by atoms with Gasteiger partial charge in [-0.3, -0.25) is 9.59 Å². The van der Waals surface area contributed by atoms with Crippen LogP contribution in [-0.4, -0.2) is 28.7 Å². The summed E-state index contributed by atoms with van der Waals surface area (Å²) in [6, 6.07) is 1.68. The summed E-state index contributed by atoms with van der Waals surface area (Å²) in [6.45, 7) is 2.58. The zero-order valence-electron chi connectivity index (χ0n) is 11.8. The molecule has 108 valence electrons. The predicted molar refractivity (Wildman–Crippen MR) is 76.9 cm³/mol. The molecule has 1 atom stereocenters. The normalized spacial score (nSPS) is 22.7. The van der Waals surface area contributed by atoms with Crippen LogP contribution < -0.4 is 10.5 Å². The SMILES string of the molecule is O=C1CCCC1CCn1ncc(N2CCCC2)cc1=O. The van der Waals surface area contributed by atoms with Gasteiger partial charge in [0, 0.05) is 38.0 Å². The van der Waals surface area contributed by atoms with Crippen molar-refractivity contribution in [3.05, 3.63) is 22.6 Å². The Morgan fingerprint density at radius 2 is 2.00 bits per heavy atom. The lowest BCUT2D eigenvalue weighted by Gasteiger charge is -2.17. The highest BCUT2D eigenvalue weighted by Crippen LogP contribution is 2.24. The Morgan fingerprint density at radius 3 is 2.65 bits per heavy atom. The molecule has 5 heteroatoms. The third-order valence-corrected chi connectivity index (χ3v) is 4.45. The smallest absolute Gasteiger partial charge is 0.268 e. The Morgan fingerprint density at radius 1 is 1.20 bits per heavy atom. The first kappa shape index (κ1) is 13.3. The van der Waals surface area contributed by atoms with Gasteiger partial charge in [0.2, 0.25) is 0 Å². The minimum atomic E-state index is -0.0557. The summed E-state index contributed by atoms with van der Waals surface area (Å²) in [5.41, 5.74) is 0.875. The quantitative estimate of drug-likeness (QED) is 0.837. The van der Waals surface area contributed by atoms with Crippen LogP contribution in [-0.2, 0) is 11.3 Å². The summed E-state index contributed by atoms with van der Waals surface area (Å²) < 4.78 is 1.49. The summed E-state index contributed by atoms with van der Waals surface area (Å²) in [5, 5.41) is 4.26. The Balaban J connectivity index is 1.65. The molecule has 1 unspecified atom stereocenters. The molecule has 1 aliphatic carbocycles. The van der Waals surface area contributed by atoms with Gasteiger partial charge in [-0.15, -0.1) is 0 Å². The number of aryl methyl sites for hydroxylation is 1. The summed E-state index contributed by atoms with van der Waals surface area (Å²) >= 11 is 0. The summed E-state index contributed by atoms with van der Waals surface area (Å²) in [7, 11) is 0. The molecule has 0 spiro atoms. The van der Waals surface area contributed by atoms with Gasteiger partial charge in [-0.25, -0.2) is 4.68 Å². The number of carbonyl (C=O) groups is 1. The van der Waals surface area contributed by atoms with Crippen molar-refractivity contribution < 1.29 is 4.79 Å². The second kappa shape index (κ2) is 5.77. The molecule has 1 aliphatic heterocycles. The maximum atomic E-state index is 12.1. The van der Waals surface area contributed by atoms with Crippen LogP contribution >= 0.6 is 0 Å². The van der Waals surface area contributed by atoms with Crippen LogP contribution in [0.15, 0.2) is 17.1 Å². The van der Waals surface area contributed by atoms with E-state index in [9.17, 15) is 9.59 Å². The van der Waals surface area contributed by atoms with E-state index in [1.807, 2.05) is 0 Å². The van der Waals surface area contributed by atoms with Gasteiger partial charge in [0.15, 0.2) is 0 Å². The minimum absolute atomic E-state index is 0.0557. The fraction of sp³-hybridized carbons (Fsp3) is 0.667. The fourth-order valence-electron chi connectivity index (χ4n) is 3.21. The molecular weight excluding hydrogens is 254 g/mol. The number of aromatic nitrogens is 2. The Bertz CT molecular complexity index is 546. The zero-order chi connectivity index (χ0) is 13.9. The predicted octanol–water partition coefficient (Wildman–Crippen LogP) is 1.60. The molecule has 5 nitrogen and oxygen atoms in total. The first-order chi connectivity index (χ1) is 9.74. The lowest BCUT2D eigenvalue weighted by molar-refractivity contribution is -0.120. The van der Waals surface area contributed by atoms with Crippen molar-refractivity contribution in [1.82, 2.24) is 9.78 Å². The lowest BCUT2D eigenvalue weighted by Crippen LogP contribution is -2.27. The van der Waals surface area contributed by atoms with Gasteiger partial charge in [0.25, 0.3) is 5.56 Å². The van der Waals surface area contributed by atoms with E-state index < -0.39 is 0 Å². The Hall–Kier alpha value is -1.65. The average Bonchev–Trinajstić information content (AvgIpc) is 3.09. The zero-order valence-corrected chi connectivity index (χ0v) is 11.8. The van der Waals surface area contributed by atoms with E-state index in [4.69, 9.17) is 0 Å². The van der Waals surface area contributed by atoms with Crippen LogP contribution in [0, 0.1) is 5.92 Å². The number of carbonyl (C=O) groups excluding carboxylic acids is 1. The van der Waals surface area contributed by atoms with E-state index in [1.54, 1.807) is 12.3 Å². The number of rotatable bonds is 4. The Labute approximate surface area is 118 Å². The van der Waals surface area contributed by atoms with Gasteiger partial charge in [-0.1, -0.05) is 0 Å². The van der Waals surface area contributed by atoms with Gasteiger partial charge in [-0.05, 0) is 32.1 Å². The molecule has 20 heavy (non-hydrogen) atoms. The average molecular weight is 275 g/mol. The third kappa shape index (κ3) is 2.76. The van der Waals surface area contributed by atoms with Crippen LogP contribution in [0.5, 0.6) is 0 Å². The van der Waals surface area contributed by atoms with E-state index >= 15 is 0 Å². The molecule has 1 aromatic rings. The van der Waals surface area contributed by atoms with Crippen LogP contribution in [0.1, 0.15) is 38.5 Å². The topological polar surface area (TPSA) is 55.2 Å². The largest absolute Gasteiger partial charge is 0.370 e. The highest BCUT2D eigenvalue weighted by Gasteiger charge is 2.24. The molecule has 1 saturated carbocycles. The van der Waals surface area contributed by atoms with Crippen LogP contribution in [0.3, 0.4) is 0 Å². The van der Waals surface area contributed by atoms with Gasteiger partial charge in [-0.2, -0.15) is 5.10 Å². The standard InChI is InChI=1S/C15H21N3O2/c19-14-5-3-4-12(14)6-9-18-15(20)10-13(11-16-18)17-7-1-2-8-17/h10-12H,1-9H2. The van der Waals surface area contributed by atoms with E-state index in [2.05, 4.69) is 10.00 Å². The molecule has 0 bridgehead atoms. The molecule has 2 fully saturated rings. The van der Waals surface area contributed by atoms with Crippen LogP contribution in [0.25, 0.3) is 0 Å². The van der Waals surface area contributed by atoms with Gasteiger partial charge in [0.1, 0.15) is 5.78 Å². The van der Waals surface area contributed by atoms with Crippen molar-refractivity contribution in [1.29, 1.82) is 0 Å². The molecule has 1 aromatic heterocycles. The van der Waals surface area contributed by atoms with Crippen LogP contribution in [0.4, 0.5) is 5.69 Å². The second-order valence-corrected chi connectivity index (χ2v) is 5.81. The number of Topliss-reactive ketones (excluding diaryl/α,β-unsaturated/α-hetero) is 1. The van der Waals surface area contributed by atoms with Crippen molar-refractivity contribution in [3.63, 3.8) is 0 Å². The maximum Gasteiger partial charge on any atom is 0.268 e. The molecule has 3 rings (SSSR count). The summed E-state index contributed by atoms with van der Waals surface area (Å²) in [6.07, 6.45) is 7.58. The summed E-state index contributed by atoms with van der Waals surface area (Å²) in [5.74, 6) is 0.494. The molecular formula is C15H21N3O2. The molecule has 0 radical (unpaired) electrons. The molecule has 0 N–H and O–H groups in total. The second-order valence-electron chi connectivity index (χ2n) is 5.81. The highest BCUT2D eigenvalue weighted by atomic mass is 16.1. The van der Waals surface area contributed by atoms with Crippen molar-refractivity contribution in [2.24, 2.45) is 5.92 Å². The molecule has 0 aromatic carbocycles. The summed E-state index contributed by atoms with van der Waals surface area (Å²) in [4.78, 5) is 25.9. The highest BCUT2D eigenvalue weighted by molar-refractivity contribution is 5.82. The van der Waals surface area contributed by atoms with Crippen molar-refractivity contribution in [3.8, 4) is 0 Å². The van der Waals surface area contributed by atoms with E-state index in [0.717, 1.165) is 38.0 Å². The first-order valence-corrected chi connectivity index (χ1v) is 7.59. The Kier molecular flexibility index (Phi) is 3.85. The maximum absolute atomic E-state index is 12.1. The molecule has 2 heterocycles. The molecule has 0 amide bonds. The number of hydrogen-bond acceptors (Lipinski definition) is 4. The number of anilines is 1. The van der Waals surface area contributed by atoms with E-state index in [-0.39, 0.29) is 11.5 Å². The van der Waals surface area contributed by atoms with Gasteiger partial charge < -0.3 is 4.90 Å². The van der Waals surface area contributed by atoms with Crippen molar-refractivity contribution in [2.45, 2.75) is 45.1 Å². The third-order valence-electron chi connectivity index (χ3n) is 4.45. The van der Waals surface area contributed by atoms with Gasteiger partial charge in [0.05, 0.1) is 11.9 Å². The van der Waals surface area contributed by atoms with E-state index in [1.165, 1.54) is 17.5 Å². The molecule has 1 saturated heterocycles. The molecule has 2 aliphatic rings. The van der Waals surface area contributed by atoms with E-state index in [0.29, 0.717) is 18.7 Å². The van der Waals surface area contributed by atoms with Gasteiger partial charge >= 0.3 is 0 Å². The van der Waals surface area contributed by atoms with Crippen LogP contribution in [0.2, 0.25) is 0 Å². The first-order valence-electron chi connectivity index (χ1n) is 7.59. The lowest BCUT2D eigenvalue weighted by atomic mass is 10.0.